The van der Waals surface area contributed by atoms with Crippen molar-refractivity contribution in [3.63, 3.8) is 0 Å². The van der Waals surface area contributed by atoms with E-state index in [9.17, 15) is 0 Å². The first-order chi connectivity index (χ1) is 9.67. The summed E-state index contributed by atoms with van der Waals surface area (Å²) in [5, 5.41) is 4.63. The second kappa shape index (κ2) is 4.89. The van der Waals surface area contributed by atoms with Gasteiger partial charge in [-0.3, -0.25) is 0 Å². The molecular formula is C12H11N5O2S. The van der Waals surface area contributed by atoms with Crippen LogP contribution in [0.15, 0.2) is 23.0 Å². The lowest BCUT2D eigenvalue weighted by molar-refractivity contribution is 0.397. The van der Waals surface area contributed by atoms with Crippen LogP contribution in [0.25, 0.3) is 22.3 Å². The molecule has 3 heterocycles. The summed E-state index contributed by atoms with van der Waals surface area (Å²) < 4.78 is 10.3. The molecule has 0 bridgehead atoms. The predicted molar refractivity (Wildman–Crippen MR) is 74.3 cm³/mol. The van der Waals surface area contributed by atoms with Crippen molar-refractivity contribution in [2.75, 3.05) is 12.8 Å². The van der Waals surface area contributed by atoms with Crippen LogP contribution < -0.4 is 10.5 Å². The van der Waals surface area contributed by atoms with Gasteiger partial charge in [0.05, 0.1) is 17.0 Å². The summed E-state index contributed by atoms with van der Waals surface area (Å²) in [5.41, 5.74) is 7.30. The van der Waals surface area contributed by atoms with Crippen LogP contribution in [0, 0.1) is 6.92 Å². The number of nitrogens with zero attached hydrogens (tertiary/aromatic N) is 4. The van der Waals surface area contributed by atoms with Gasteiger partial charge in [0.15, 0.2) is 0 Å². The van der Waals surface area contributed by atoms with Crippen LogP contribution in [0.5, 0.6) is 5.88 Å². The Kier molecular flexibility index (Phi) is 3.07. The van der Waals surface area contributed by atoms with Crippen molar-refractivity contribution in [3.05, 3.63) is 24.0 Å². The Morgan fingerprint density at radius 2 is 2.15 bits per heavy atom. The molecule has 2 N–H and O–H groups in total. The van der Waals surface area contributed by atoms with E-state index in [2.05, 4.69) is 20.1 Å². The number of thiophene rings is 1. The molecule has 0 atom stereocenters. The largest absolute Gasteiger partial charge is 0.481 e. The third kappa shape index (κ3) is 2.21. The van der Waals surface area contributed by atoms with Gasteiger partial charge in [-0.15, -0.1) is 11.3 Å². The molecule has 3 rings (SSSR count). The summed E-state index contributed by atoms with van der Waals surface area (Å²) in [4.78, 5) is 13.2. The third-order valence-electron chi connectivity index (χ3n) is 2.64. The first kappa shape index (κ1) is 12.5. The van der Waals surface area contributed by atoms with Crippen LogP contribution in [-0.2, 0) is 0 Å². The summed E-state index contributed by atoms with van der Waals surface area (Å²) >= 11 is 1.41. The van der Waals surface area contributed by atoms with E-state index in [1.807, 2.05) is 13.0 Å². The molecule has 0 saturated heterocycles. The topological polar surface area (TPSA) is 100.0 Å². The van der Waals surface area contributed by atoms with Gasteiger partial charge in [-0.1, -0.05) is 5.16 Å². The second-order valence-electron chi connectivity index (χ2n) is 4.03. The van der Waals surface area contributed by atoms with Crippen molar-refractivity contribution < 1.29 is 9.26 Å². The quantitative estimate of drug-likeness (QED) is 0.788. The van der Waals surface area contributed by atoms with Crippen LogP contribution in [0.3, 0.4) is 0 Å². The fourth-order valence-corrected chi connectivity index (χ4v) is 2.57. The fourth-order valence-electron chi connectivity index (χ4n) is 1.71. The Labute approximate surface area is 118 Å². The number of nitrogen functional groups attached to an aromatic ring is 1. The average Bonchev–Trinajstić information content (AvgIpc) is 3.05. The Hall–Kier alpha value is -2.48. The molecule has 3 aromatic heterocycles. The number of anilines is 1. The summed E-state index contributed by atoms with van der Waals surface area (Å²) in [7, 11) is 1.53. The molecule has 0 aromatic carbocycles. The molecule has 102 valence electrons. The van der Waals surface area contributed by atoms with Gasteiger partial charge >= 0.3 is 0 Å². The molecule has 0 aliphatic rings. The zero-order valence-corrected chi connectivity index (χ0v) is 11.6. The van der Waals surface area contributed by atoms with Gasteiger partial charge in [-0.2, -0.15) is 4.98 Å². The van der Waals surface area contributed by atoms with Crippen molar-refractivity contribution in [2.24, 2.45) is 0 Å². The van der Waals surface area contributed by atoms with E-state index in [1.165, 1.54) is 24.8 Å². The smallest absolute Gasteiger partial charge is 0.268 e. The number of methoxy groups -OCH3 is 1. The minimum Gasteiger partial charge on any atom is -0.481 e. The maximum Gasteiger partial charge on any atom is 0.268 e. The Bertz CT molecular complexity index is 752. The van der Waals surface area contributed by atoms with E-state index in [-0.39, 0.29) is 0 Å². The highest BCUT2D eigenvalue weighted by Crippen LogP contribution is 2.33. The lowest BCUT2D eigenvalue weighted by Gasteiger charge is -1.97. The highest BCUT2D eigenvalue weighted by molar-refractivity contribution is 7.19. The molecule has 0 unspecified atom stereocenters. The monoisotopic (exact) mass is 289 g/mol. The number of aromatic nitrogens is 4. The van der Waals surface area contributed by atoms with Crippen LogP contribution in [0.2, 0.25) is 0 Å². The highest BCUT2D eigenvalue weighted by atomic mass is 32.1. The molecule has 7 nitrogen and oxygen atoms in total. The minimum atomic E-state index is 0.382. The standard InChI is InChI=1S/C12H11N5O2S/c1-6-3-8(13)20-10(6)12-16-11(17-19-12)7-4-9(18-2)15-5-14-7/h3-5H,13H2,1-2H3. The minimum absolute atomic E-state index is 0.382. The van der Waals surface area contributed by atoms with E-state index in [1.54, 1.807) is 6.07 Å². The summed E-state index contributed by atoms with van der Waals surface area (Å²) in [6.07, 6.45) is 1.39. The molecule has 0 aliphatic heterocycles. The van der Waals surface area contributed by atoms with Crippen LogP contribution >= 0.6 is 11.3 Å². The lowest BCUT2D eigenvalue weighted by atomic mass is 10.3. The third-order valence-corrected chi connectivity index (χ3v) is 3.69. The van der Waals surface area contributed by atoms with Crippen molar-refractivity contribution in [3.8, 4) is 28.2 Å². The molecule has 0 radical (unpaired) electrons. The molecule has 8 heteroatoms. The van der Waals surface area contributed by atoms with Gasteiger partial charge < -0.3 is 15.0 Å². The molecule has 0 amide bonds. The van der Waals surface area contributed by atoms with Gasteiger partial charge in [0, 0.05) is 6.07 Å². The molecule has 3 aromatic rings. The predicted octanol–water partition coefficient (Wildman–Crippen LogP) is 2.15. The van der Waals surface area contributed by atoms with E-state index in [0.717, 1.165) is 10.4 Å². The summed E-state index contributed by atoms with van der Waals surface area (Å²) in [6, 6.07) is 3.52. The van der Waals surface area contributed by atoms with Gasteiger partial charge in [-0.25, -0.2) is 9.97 Å². The number of hydrogen-bond acceptors (Lipinski definition) is 8. The molecular weight excluding hydrogens is 278 g/mol. The molecule has 0 spiro atoms. The van der Waals surface area contributed by atoms with Crippen LogP contribution in [0.1, 0.15) is 5.56 Å². The zero-order valence-electron chi connectivity index (χ0n) is 10.8. The first-order valence-corrected chi connectivity index (χ1v) is 6.55. The van der Waals surface area contributed by atoms with E-state index in [0.29, 0.717) is 28.3 Å². The van der Waals surface area contributed by atoms with Crippen molar-refractivity contribution in [1.82, 2.24) is 20.1 Å². The van der Waals surface area contributed by atoms with Crippen molar-refractivity contribution >= 4 is 16.3 Å². The highest BCUT2D eigenvalue weighted by Gasteiger charge is 2.16. The molecule has 0 fully saturated rings. The average molecular weight is 289 g/mol. The number of hydrogen-bond donors (Lipinski definition) is 1. The SMILES string of the molecule is COc1cc(-c2noc(-c3sc(N)cc3C)n2)ncn1. The van der Waals surface area contributed by atoms with E-state index >= 15 is 0 Å². The molecule has 0 aliphatic carbocycles. The Balaban J connectivity index is 1.99. The van der Waals surface area contributed by atoms with Gasteiger partial charge in [0.2, 0.25) is 11.7 Å². The first-order valence-electron chi connectivity index (χ1n) is 5.74. The van der Waals surface area contributed by atoms with Crippen LogP contribution in [0.4, 0.5) is 5.00 Å². The lowest BCUT2D eigenvalue weighted by Crippen LogP contribution is -1.91. The maximum absolute atomic E-state index is 5.76. The summed E-state index contributed by atoms with van der Waals surface area (Å²) in [5.74, 6) is 1.25. The van der Waals surface area contributed by atoms with Gasteiger partial charge in [-0.05, 0) is 18.6 Å². The zero-order chi connectivity index (χ0) is 14.1. The number of nitrogens with two attached hydrogens (primary N) is 1. The van der Waals surface area contributed by atoms with Crippen molar-refractivity contribution in [2.45, 2.75) is 6.92 Å². The second-order valence-corrected chi connectivity index (χ2v) is 5.11. The Morgan fingerprint density at radius 3 is 2.85 bits per heavy atom. The normalized spacial score (nSPS) is 10.7. The van der Waals surface area contributed by atoms with Crippen molar-refractivity contribution in [1.29, 1.82) is 0 Å². The maximum atomic E-state index is 5.76. The number of rotatable bonds is 3. The number of aryl methyl sites for hydroxylation is 1. The molecule has 20 heavy (non-hydrogen) atoms. The van der Waals surface area contributed by atoms with E-state index < -0.39 is 0 Å². The molecule has 0 saturated carbocycles. The van der Waals surface area contributed by atoms with Gasteiger partial charge in [0.1, 0.15) is 12.0 Å². The summed E-state index contributed by atoms with van der Waals surface area (Å²) in [6.45, 7) is 1.94. The van der Waals surface area contributed by atoms with Crippen LogP contribution in [-0.4, -0.2) is 27.2 Å². The van der Waals surface area contributed by atoms with Gasteiger partial charge in [0.25, 0.3) is 5.89 Å². The number of ether oxygens (including phenoxy) is 1. The van der Waals surface area contributed by atoms with E-state index in [4.69, 9.17) is 15.0 Å². The fraction of sp³-hybridized carbons (Fsp3) is 0.167. The Morgan fingerprint density at radius 1 is 1.30 bits per heavy atom.